The Kier molecular flexibility index (Phi) is 7.67. The van der Waals surface area contributed by atoms with Gasteiger partial charge in [-0.15, -0.1) is 11.8 Å². The second-order valence-corrected chi connectivity index (χ2v) is 7.77. The summed E-state index contributed by atoms with van der Waals surface area (Å²) in [4.78, 5) is 37.4. The second-order valence-electron chi connectivity index (χ2n) is 6.75. The first-order chi connectivity index (χ1) is 15.4. The Morgan fingerprint density at radius 2 is 1.69 bits per heavy atom. The molecular weight excluding hydrogens is 432 g/mol. The van der Waals surface area contributed by atoms with E-state index in [2.05, 4.69) is 10.5 Å². The molecule has 0 radical (unpaired) electrons. The molecule has 8 nitrogen and oxygen atoms in total. The predicted octanol–water partition coefficient (Wildman–Crippen LogP) is 4.17. The van der Waals surface area contributed by atoms with Crippen LogP contribution in [0.1, 0.15) is 37.7 Å². The van der Waals surface area contributed by atoms with E-state index in [1.807, 2.05) is 26.0 Å². The molecule has 0 saturated heterocycles. The minimum atomic E-state index is -0.622. The van der Waals surface area contributed by atoms with Crippen LogP contribution in [0, 0.1) is 13.8 Å². The van der Waals surface area contributed by atoms with Gasteiger partial charge in [0.2, 0.25) is 0 Å². The zero-order valence-corrected chi connectivity index (χ0v) is 18.7. The molecule has 0 aliphatic heterocycles. The van der Waals surface area contributed by atoms with Crippen LogP contribution in [0.25, 0.3) is 0 Å². The normalized spacial score (nSPS) is 10.5. The van der Waals surface area contributed by atoms with Crippen molar-refractivity contribution in [1.82, 2.24) is 5.16 Å². The standard InChI is InChI=1S/C23H22N2O6S/c1-14-18(15(2)31-25-14)13-32-20-11-7-5-9-17(20)23(28)30-12-21(26)24-19-10-6-4-8-16(19)22(27)29-3/h4-11H,12-13H2,1-3H3,(H,24,26). The molecule has 1 N–H and O–H groups in total. The lowest BCUT2D eigenvalue weighted by atomic mass is 10.2. The summed E-state index contributed by atoms with van der Waals surface area (Å²) in [5.41, 5.74) is 2.61. The molecule has 1 aromatic heterocycles. The number of benzene rings is 2. The average Bonchev–Trinajstić information content (AvgIpc) is 3.13. The number of esters is 2. The molecule has 166 valence electrons. The van der Waals surface area contributed by atoms with Crippen molar-refractivity contribution >= 4 is 35.3 Å². The SMILES string of the molecule is COC(=O)c1ccccc1NC(=O)COC(=O)c1ccccc1SCc1c(C)noc1C. The number of hydrogen-bond donors (Lipinski definition) is 1. The number of methoxy groups -OCH3 is 1. The van der Waals surface area contributed by atoms with Crippen LogP contribution in [-0.4, -0.2) is 36.7 Å². The van der Waals surface area contributed by atoms with Gasteiger partial charge in [0.15, 0.2) is 6.61 Å². The molecule has 0 fully saturated rings. The predicted molar refractivity (Wildman–Crippen MR) is 119 cm³/mol. The van der Waals surface area contributed by atoms with Gasteiger partial charge in [-0.25, -0.2) is 9.59 Å². The van der Waals surface area contributed by atoms with Crippen LogP contribution in [0.4, 0.5) is 5.69 Å². The summed E-state index contributed by atoms with van der Waals surface area (Å²) in [6.07, 6.45) is 0. The van der Waals surface area contributed by atoms with Crippen molar-refractivity contribution in [3.05, 3.63) is 76.7 Å². The maximum atomic E-state index is 12.6. The number of carbonyl (C=O) groups excluding carboxylic acids is 3. The minimum absolute atomic E-state index is 0.204. The van der Waals surface area contributed by atoms with E-state index in [0.29, 0.717) is 16.2 Å². The quantitative estimate of drug-likeness (QED) is 0.399. The highest BCUT2D eigenvalue weighted by atomic mass is 32.2. The third kappa shape index (κ3) is 5.55. The van der Waals surface area contributed by atoms with E-state index in [-0.39, 0.29) is 11.3 Å². The number of aryl methyl sites for hydroxylation is 2. The summed E-state index contributed by atoms with van der Waals surface area (Å²) in [6, 6.07) is 13.4. The van der Waals surface area contributed by atoms with E-state index >= 15 is 0 Å². The van der Waals surface area contributed by atoms with Crippen LogP contribution in [0.15, 0.2) is 57.9 Å². The van der Waals surface area contributed by atoms with Crippen LogP contribution >= 0.6 is 11.8 Å². The Morgan fingerprint density at radius 1 is 1.00 bits per heavy atom. The first-order valence-corrected chi connectivity index (χ1v) is 10.7. The van der Waals surface area contributed by atoms with Crippen molar-refractivity contribution in [3.63, 3.8) is 0 Å². The van der Waals surface area contributed by atoms with Gasteiger partial charge in [-0.1, -0.05) is 29.4 Å². The Labute approximate surface area is 189 Å². The van der Waals surface area contributed by atoms with Crippen LogP contribution < -0.4 is 5.32 Å². The van der Waals surface area contributed by atoms with E-state index in [1.54, 1.807) is 30.3 Å². The zero-order chi connectivity index (χ0) is 23.1. The van der Waals surface area contributed by atoms with E-state index in [9.17, 15) is 14.4 Å². The summed E-state index contributed by atoms with van der Waals surface area (Å²) in [5, 5.41) is 6.50. The lowest BCUT2D eigenvalue weighted by molar-refractivity contribution is -0.119. The summed E-state index contributed by atoms with van der Waals surface area (Å²) in [6.45, 7) is 3.20. The molecule has 3 rings (SSSR count). The molecule has 0 bridgehead atoms. The van der Waals surface area contributed by atoms with Crippen LogP contribution in [0.3, 0.4) is 0 Å². The number of ether oxygens (including phenoxy) is 2. The van der Waals surface area contributed by atoms with Gasteiger partial charge >= 0.3 is 11.9 Å². The van der Waals surface area contributed by atoms with Crippen molar-refractivity contribution in [3.8, 4) is 0 Å². The maximum absolute atomic E-state index is 12.6. The molecule has 0 spiro atoms. The lowest BCUT2D eigenvalue weighted by Gasteiger charge is -2.11. The van der Waals surface area contributed by atoms with Crippen molar-refractivity contribution < 1.29 is 28.4 Å². The van der Waals surface area contributed by atoms with E-state index in [4.69, 9.17) is 14.0 Å². The Bertz CT molecular complexity index is 1120. The van der Waals surface area contributed by atoms with Gasteiger partial charge in [0.05, 0.1) is 29.6 Å². The summed E-state index contributed by atoms with van der Waals surface area (Å²) >= 11 is 1.45. The highest BCUT2D eigenvalue weighted by Gasteiger charge is 2.18. The lowest BCUT2D eigenvalue weighted by Crippen LogP contribution is -2.22. The molecule has 0 unspecified atom stereocenters. The number of aromatic nitrogens is 1. The van der Waals surface area contributed by atoms with Gasteiger partial charge in [0.25, 0.3) is 5.91 Å². The molecule has 0 atom stereocenters. The van der Waals surface area contributed by atoms with Gasteiger partial charge in [0, 0.05) is 16.2 Å². The number of thioether (sulfide) groups is 1. The van der Waals surface area contributed by atoms with Gasteiger partial charge in [-0.05, 0) is 38.1 Å². The van der Waals surface area contributed by atoms with E-state index in [1.165, 1.54) is 24.9 Å². The minimum Gasteiger partial charge on any atom is -0.465 e. The fourth-order valence-corrected chi connectivity index (χ4v) is 4.09. The molecule has 32 heavy (non-hydrogen) atoms. The maximum Gasteiger partial charge on any atom is 0.339 e. The highest BCUT2D eigenvalue weighted by Crippen LogP contribution is 2.29. The molecular formula is C23H22N2O6S. The first-order valence-electron chi connectivity index (χ1n) is 9.68. The van der Waals surface area contributed by atoms with Crippen molar-refractivity contribution in [1.29, 1.82) is 0 Å². The molecule has 2 aromatic carbocycles. The molecule has 1 heterocycles. The van der Waals surface area contributed by atoms with Crippen LogP contribution in [-0.2, 0) is 20.0 Å². The third-order valence-electron chi connectivity index (χ3n) is 4.60. The molecule has 1 amide bonds. The van der Waals surface area contributed by atoms with E-state index < -0.39 is 24.5 Å². The van der Waals surface area contributed by atoms with Gasteiger partial charge in [-0.2, -0.15) is 0 Å². The molecule has 0 aliphatic rings. The number of anilines is 1. The summed E-state index contributed by atoms with van der Waals surface area (Å²) in [5.74, 6) is -0.462. The Hall–Kier alpha value is -3.59. The average molecular weight is 455 g/mol. The Balaban J connectivity index is 1.62. The number of hydrogen-bond acceptors (Lipinski definition) is 8. The van der Waals surface area contributed by atoms with Crippen molar-refractivity contribution in [2.45, 2.75) is 24.5 Å². The molecule has 3 aromatic rings. The van der Waals surface area contributed by atoms with Gasteiger partial charge in [0.1, 0.15) is 5.76 Å². The van der Waals surface area contributed by atoms with E-state index in [0.717, 1.165) is 17.0 Å². The smallest absolute Gasteiger partial charge is 0.339 e. The van der Waals surface area contributed by atoms with Gasteiger partial charge < -0.3 is 19.3 Å². The first kappa shape index (κ1) is 23.1. The zero-order valence-electron chi connectivity index (χ0n) is 17.8. The second kappa shape index (κ2) is 10.6. The summed E-state index contributed by atoms with van der Waals surface area (Å²) in [7, 11) is 1.25. The number of carbonyl (C=O) groups is 3. The number of para-hydroxylation sites is 1. The summed E-state index contributed by atoms with van der Waals surface area (Å²) < 4.78 is 15.1. The number of nitrogens with one attached hydrogen (secondary N) is 1. The third-order valence-corrected chi connectivity index (χ3v) is 5.70. The molecule has 9 heteroatoms. The molecule has 0 saturated carbocycles. The topological polar surface area (TPSA) is 108 Å². The largest absolute Gasteiger partial charge is 0.465 e. The van der Waals surface area contributed by atoms with Crippen LogP contribution in [0.2, 0.25) is 0 Å². The molecule has 0 aliphatic carbocycles. The fraction of sp³-hybridized carbons (Fsp3) is 0.217. The number of nitrogens with zero attached hydrogens (tertiary/aromatic N) is 1. The van der Waals surface area contributed by atoms with Crippen molar-refractivity contribution in [2.75, 3.05) is 19.0 Å². The number of amides is 1. The Morgan fingerprint density at radius 3 is 2.38 bits per heavy atom. The van der Waals surface area contributed by atoms with Crippen molar-refractivity contribution in [2.24, 2.45) is 0 Å². The highest BCUT2D eigenvalue weighted by molar-refractivity contribution is 7.98. The number of rotatable bonds is 8. The van der Waals surface area contributed by atoms with Gasteiger partial charge in [-0.3, -0.25) is 4.79 Å². The fourth-order valence-electron chi connectivity index (χ4n) is 2.89. The van der Waals surface area contributed by atoms with Crippen LogP contribution in [0.5, 0.6) is 0 Å². The monoisotopic (exact) mass is 454 g/mol.